The van der Waals surface area contributed by atoms with E-state index in [0.29, 0.717) is 16.9 Å². The third kappa shape index (κ3) is 16.5. The lowest BCUT2D eigenvalue weighted by atomic mass is 9.54. The summed E-state index contributed by atoms with van der Waals surface area (Å²) >= 11 is 0. The minimum Gasteiger partial charge on any atom is -0.378 e. The molecule has 57 heavy (non-hydrogen) atoms. The molecule has 0 radical (unpaired) electrons. The summed E-state index contributed by atoms with van der Waals surface area (Å²) in [6.45, 7) is 17.3. The Balaban J connectivity index is 1.09. The van der Waals surface area contributed by atoms with Gasteiger partial charge < -0.3 is 9.64 Å². The largest absolute Gasteiger partial charge is 0.378 e. The lowest BCUT2D eigenvalue weighted by Crippen LogP contribution is -2.43. The normalized spacial score (nSPS) is 30.1. The van der Waals surface area contributed by atoms with Crippen LogP contribution in [-0.2, 0) is 4.74 Å². The zero-order chi connectivity index (χ0) is 40.9. The van der Waals surface area contributed by atoms with Crippen molar-refractivity contribution in [2.45, 2.75) is 234 Å². The fourth-order valence-corrected chi connectivity index (χ4v) is 13.0. The number of allylic oxidation sites excluding steroid dienone is 5. The highest BCUT2D eigenvalue weighted by Gasteiger charge is 2.56. The smallest absolute Gasteiger partial charge is 0.0612 e. The molecule has 0 saturated heterocycles. The maximum atomic E-state index is 6.75. The SMILES string of the molecule is CCCCC/C=C\C/C=C\CCCCCCCCCCC(CCCO[C@H]1CC[C@]2(C)CC3CC[C@]4(C)C(C(C)CCCC(C)C)CCC4C3CC=C2C1)CN(C)C. The van der Waals surface area contributed by atoms with Gasteiger partial charge in [0, 0.05) is 13.2 Å². The van der Waals surface area contributed by atoms with Crippen LogP contribution in [0.4, 0.5) is 0 Å². The van der Waals surface area contributed by atoms with Crippen molar-refractivity contribution in [2.24, 2.45) is 52.3 Å². The van der Waals surface area contributed by atoms with Crippen LogP contribution < -0.4 is 0 Å². The molecule has 4 aliphatic carbocycles. The van der Waals surface area contributed by atoms with Crippen LogP contribution in [0.25, 0.3) is 0 Å². The zero-order valence-corrected chi connectivity index (χ0v) is 39.8. The monoisotopic (exact) mass is 790 g/mol. The summed E-state index contributed by atoms with van der Waals surface area (Å²) < 4.78 is 6.75. The number of hydrogen-bond donors (Lipinski definition) is 0. The molecule has 0 spiro atoms. The average molecular weight is 790 g/mol. The van der Waals surface area contributed by atoms with Gasteiger partial charge in [0.15, 0.2) is 0 Å². The third-order valence-electron chi connectivity index (χ3n) is 16.4. The van der Waals surface area contributed by atoms with E-state index in [0.717, 1.165) is 54.5 Å². The van der Waals surface area contributed by atoms with Gasteiger partial charge in [-0.2, -0.15) is 0 Å². The van der Waals surface area contributed by atoms with Crippen molar-refractivity contribution in [2.75, 3.05) is 27.2 Å². The molecule has 4 rings (SSSR count). The Hall–Kier alpha value is -0.860. The summed E-state index contributed by atoms with van der Waals surface area (Å²) in [5.74, 6) is 6.37. The van der Waals surface area contributed by atoms with E-state index >= 15 is 0 Å². The predicted molar refractivity (Wildman–Crippen MR) is 252 cm³/mol. The van der Waals surface area contributed by atoms with Gasteiger partial charge in [0.1, 0.15) is 0 Å². The van der Waals surface area contributed by atoms with E-state index in [1.165, 1.54) is 186 Å². The van der Waals surface area contributed by atoms with Crippen molar-refractivity contribution in [3.63, 3.8) is 0 Å². The van der Waals surface area contributed by atoms with Gasteiger partial charge in [0.2, 0.25) is 0 Å². The maximum absolute atomic E-state index is 6.75. The molecule has 3 fully saturated rings. The Kier molecular flexibility index (Phi) is 22.7. The highest BCUT2D eigenvalue weighted by Crippen LogP contribution is 2.64. The van der Waals surface area contributed by atoms with E-state index in [2.05, 4.69) is 90.9 Å². The number of unbranched alkanes of at least 4 members (excludes halogenated alkanes) is 11. The highest BCUT2D eigenvalue weighted by atomic mass is 16.5. The van der Waals surface area contributed by atoms with E-state index in [1.54, 1.807) is 5.57 Å². The molecule has 0 aromatic heterocycles. The molecule has 0 heterocycles. The van der Waals surface area contributed by atoms with Crippen LogP contribution >= 0.6 is 0 Å². The molecule has 0 bridgehead atoms. The third-order valence-corrected chi connectivity index (χ3v) is 16.4. The van der Waals surface area contributed by atoms with E-state index in [9.17, 15) is 0 Å². The summed E-state index contributed by atoms with van der Waals surface area (Å²) in [6.07, 6.45) is 52.6. The molecule has 3 saturated carbocycles. The van der Waals surface area contributed by atoms with E-state index in [1.807, 2.05) is 0 Å². The number of hydrogen-bond acceptors (Lipinski definition) is 2. The van der Waals surface area contributed by atoms with Crippen LogP contribution in [0.5, 0.6) is 0 Å². The summed E-state index contributed by atoms with van der Waals surface area (Å²) in [5.41, 5.74) is 2.81. The van der Waals surface area contributed by atoms with Crippen LogP contribution in [0.1, 0.15) is 228 Å². The molecule has 2 heteroatoms. The maximum Gasteiger partial charge on any atom is 0.0612 e. The van der Waals surface area contributed by atoms with Gasteiger partial charge in [0.25, 0.3) is 0 Å². The summed E-state index contributed by atoms with van der Waals surface area (Å²) in [6, 6.07) is 0. The molecule has 9 atom stereocenters. The Bertz CT molecular complexity index is 1150. The van der Waals surface area contributed by atoms with Crippen molar-refractivity contribution >= 4 is 0 Å². The highest BCUT2D eigenvalue weighted by molar-refractivity contribution is 5.21. The van der Waals surface area contributed by atoms with Gasteiger partial charge in [-0.05, 0) is 176 Å². The fourth-order valence-electron chi connectivity index (χ4n) is 13.0. The van der Waals surface area contributed by atoms with Crippen molar-refractivity contribution in [1.82, 2.24) is 4.90 Å². The number of fused-ring (bicyclic) bond motifs is 4. The van der Waals surface area contributed by atoms with Gasteiger partial charge in [-0.1, -0.05) is 155 Å². The second kappa shape index (κ2) is 26.5. The molecule has 0 aliphatic heterocycles. The van der Waals surface area contributed by atoms with Gasteiger partial charge in [0.05, 0.1) is 6.10 Å². The van der Waals surface area contributed by atoms with Crippen molar-refractivity contribution in [3.05, 3.63) is 36.0 Å². The van der Waals surface area contributed by atoms with Gasteiger partial charge in [-0.25, -0.2) is 0 Å². The summed E-state index contributed by atoms with van der Waals surface area (Å²) in [7, 11) is 4.53. The molecular weight excluding hydrogens is 691 g/mol. The first-order valence-electron chi connectivity index (χ1n) is 25.8. The summed E-state index contributed by atoms with van der Waals surface area (Å²) in [4.78, 5) is 2.42. The zero-order valence-electron chi connectivity index (χ0n) is 39.8. The summed E-state index contributed by atoms with van der Waals surface area (Å²) in [5, 5.41) is 0. The Morgan fingerprint density at radius 2 is 1.42 bits per heavy atom. The second-order valence-electron chi connectivity index (χ2n) is 21.9. The lowest BCUT2D eigenvalue weighted by molar-refractivity contribution is -0.0192. The molecule has 0 amide bonds. The molecule has 6 unspecified atom stereocenters. The molecule has 0 aromatic rings. The van der Waals surface area contributed by atoms with Crippen LogP contribution in [-0.4, -0.2) is 38.3 Å². The minimum atomic E-state index is 0.425. The van der Waals surface area contributed by atoms with Crippen molar-refractivity contribution in [3.8, 4) is 0 Å². The standard InChI is InChI=1S/C55H99NO/c1-9-10-11-12-13-14-15-16-17-18-19-20-21-22-23-24-25-26-31-47(44-56(7)8)32-28-41-57-50-38-39-54(5)43-48-37-40-55(6)52(46(4)30-27-29-45(2)3)35-36-53(55)51(48)34-33-49(54)42-50/h13-14,16-17,33,45-48,50-53H,9-12,15,18-32,34-44H2,1-8H3/b14-13-,17-16-/t46?,47?,48?,50-,51?,52?,53?,54+,55+/m0/s1. The first kappa shape index (κ1) is 48.8. The van der Waals surface area contributed by atoms with E-state index in [4.69, 9.17) is 4.74 Å². The van der Waals surface area contributed by atoms with E-state index in [-0.39, 0.29) is 0 Å². The molecule has 4 aliphatic rings. The molecule has 330 valence electrons. The quantitative estimate of drug-likeness (QED) is 0.0553. The molecule has 0 aromatic carbocycles. The molecule has 2 nitrogen and oxygen atoms in total. The first-order chi connectivity index (χ1) is 27.6. The Morgan fingerprint density at radius 3 is 2.12 bits per heavy atom. The van der Waals surface area contributed by atoms with Gasteiger partial charge in [-0.15, -0.1) is 0 Å². The first-order valence-corrected chi connectivity index (χ1v) is 25.8. The van der Waals surface area contributed by atoms with Crippen molar-refractivity contribution in [1.29, 1.82) is 0 Å². The topological polar surface area (TPSA) is 12.5 Å². The average Bonchev–Trinajstić information content (AvgIpc) is 3.45. The lowest BCUT2D eigenvalue weighted by Gasteiger charge is -2.51. The van der Waals surface area contributed by atoms with Crippen molar-refractivity contribution < 1.29 is 4.74 Å². The number of nitrogens with zero attached hydrogens (tertiary/aromatic N) is 1. The van der Waals surface area contributed by atoms with Crippen LogP contribution in [0.3, 0.4) is 0 Å². The number of ether oxygens (including phenoxy) is 1. The van der Waals surface area contributed by atoms with Crippen LogP contribution in [0.2, 0.25) is 0 Å². The van der Waals surface area contributed by atoms with Gasteiger partial charge in [-0.3, -0.25) is 0 Å². The van der Waals surface area contributed by atoms with Crippen LogP contribution in [0, 0.1) is 52.3 Å². The Labute approximate surface area is 357 Å². The minimum absolute atomic E-state index is 0.425. The van der Waals surface area contributed by atoms with E-state index < -0.39 is 0 Å². The Morgan fingerprint density at radius 1 is 0.737 bits per heavy atom. The predicted octanol–water partition coefficient (Wildman–Crippen LogP) is 16.7. The molecular formula is C55H99NO. The van der Waals surface area contributed by atoms with Crippen LogP contribution in [0.15, 0.2) is 36.0 Å². The fraction of sp³-hybridized carbons (Fsp3) is 0.891. The van der Waals surface area contributed by atoms with Gasteiger partial charge >= 0.3 is 0 Å². The molecule has 0 N–H and O–H groups in total. The second-order valence-corrected chi connectivity index (χ2v) is 21.9. The number of rotatable bonds is 29.